The van der Waals surface area contributed by atoms with Gasteiger partial charge in [0.15, 0.2) is 4.77 Å². The number of H-pyrrole nitrogens is 2. The highest BCUT2D eigenvalue weighted by molar-refractivity contribution is 7.71. The first-order valence-corrected chi connectivity index (χ1v) is 3.49. The molecule has 1 heterocycles. The molecule has 0 aliphatic heterocycles. The van der Waals surface area contributed by atoms with Crippen molar-refractivity contribution in [2.75, 3.05) is 0 Å². The Morgan fingerprint density at radius 1 is 1.50 bits per heavy atom. The number of aromatic carboxylic acids is 1. The van der Waals surface area contributed by atoms with Gasteiger partial charge in [0.1, 0.15) is 5.69 Å². The Balaban J connectivity index is 3.59. The lowest BCUT2D eigenvalue weighted by Gasteiger charge is -1.97. The zero-order valence-electron chi connectivity index (χ0n) is 6.17. The summed E-state index contributed by atoms with van der Waals surface area (Å²) in [5.41, 5.74) is -0.518. The fourth-order valence-electron chi connectivity index (χ4n) is 0.763. The van der Waals surface area contributed by atoms with E-state index in [-0.39, 0.29) is 16.0 Å². The topological polar surface area (TPSA) is 85.9 Å². The van der Waals surface area contributed by atoms with E-state index in [0.717, 1.165) is 0 Å². The minimum Gasteiger partial charge on any atom is -0.477 e. The maximum Gasteiger partial charge on any atom is 0.352 e. The summed E-state index contributed by atoms with van der Waals surface area (Å²) in [6.45, 7) is 1.41. The molecule has 1 aromatic rings. The average molecular weight is 186 g/mol. The SMILES string of the molecule is Cc1c(C(=O)O)[nH]c(=S)[nH]c1=O. The standard InChI is InChI=1S/C6H6N2O3S/c1-2-3(5(10)11)7-6(12)8-4(2)9/h1H3,(H,10,11)(H2,7,8,9,12). The van der Waals surface area contributed by atoms with Gasteiger partial charge in [-0.15, -0.1) is 0 Å². The highest BCUT2D eigenvalue weighted by atomic mass is 32.1. The highest BCUT2D eigenvalue weighted by Crippen LogP contribution is 1.96. The smallest absolute Gasteiger partial charge is 0.352 e. The van der Waals surface area contributed by atoms with Crippen LogP contribution in [0.1, 0.15) is 16.1 Å². The normalized spacial score (nSPS) is 9.75. The molecule has 0 atom stereocenters. The first-order chi connectivity index (χ1) is 5.52. The molecular weight excluding hydrogens is 180 g/mol. The van der Waals surface area contributed by atoms with E-state index in [0.29, 0.717) is 0 Å². The third kappa shape index (κ3) is 1.42. The van der Waals surface area contributed by atoms with E-state index >= 15 is 0 Å². The van der Waals surface area contributed by atoms with Crippen molar-refractivity contribution in [2.45, 2.75) is 6.92 Å². The van der Waals surface area contributed by atoms with Crippen molar-refractivity contribution >= 4 is 18.2 Å². The second-order valence-corrected chi connectivity index (χ2v) is 2.62. The largest absolute Gasteiger partial charge is 0.477 e. The maximum atomic E-state index is 11.0. The molecule has 0 bridgehead atoms. The van der Waals surface area contributed by atoms with Crippen LogP contribution in [0.4, 0.5) is 0 Å². The zero-order valence-corrected chi connectivity index (χ0v) is 6.99. The fraction of sp³-hybridized carbons (Fsp3) is 0.167. The molecule has 0 aromatic carbocycles. The van der Waals surface area contributed by atoms with Gasteiger partial charge in [-0.05, 0) is 19.1 Å². The van der Waals surface area contributed by atoms with Gasteiger partial charge in [-0.1, -0.05) is 0 Å². The lowest BCUT2D eigenvalue weighted by molar-refractivity contribution is 0.0689. The minimum atomic E-state index is -1.19. The van der Waals surface area contributed by atoms with Crippen LogP contribution in [-0.4, -0.2) is 21.0 Å². The summed E-state index contributed by atoms with van der Waals surface area (Å²) in [6.07, 6.45) is 0. The van der Waals surface area contributed by atoms with Gasteiger partial charge in [-0.25, -0.2) is 4.79 Å². The monoisotopic (exact) mass is 186 g/mol. The molecule has 0 fully saturated rings. The molecule has 1 rings (SSSR count). The third-order valence-electron chi connectivity index (χ3n) is 1.40. The molecule has 1 aromatic heterocycles. The zero-order chi connectivity index (χ0) is 9.30. The van der Waals surface area contributed by atoms with Crippen molar-refractivity contribution in [1.82, 2.24) is 9.97 Å². The van der Waals surface area contributed by atoms with Gasteiger partial charge in [0, 0.05) is 5.56 Å². The van der Waals surface area contributed by atoms with Gasteiger partial charge in [-0.2, -0.15) is 0 Å². The molecule has 0 saturated heterocycles. The number of rotatable bonds is 1. The summed E-state index contributed by atoms with van der Waals surface area (Å²) >= 11 is 4.59. The number of hydrogen-bond acceptors (Lipinski definition) is 3. The Morgan fingerprint density at radius 3 is 2.58 bits per heavy atom. The molecule has 0 radical (unpaired) electrons. The van der Waals surface area contributed by atoms with Gasteiger partial charge in [0.05, 0.1) is 0 Å². The van der Waals surface area contributed by atoms with E-state index in [1.54, 1.807) is 0 Å². The van der Waals surface area contributed by atoms with Crippen LogP contribution >= 0.6 is 12.2 Å². The number of carboxylic acids is 1. The van der Waals surface area contributed by atoms with E-state index in [9.17, 15) is 9.59 Å². The summed E-state index contributed by atoms with van der Waals surface area (Å²) in [4.78, 5) is 26.1. The summed E-state index contributed by atoms with van der Waals surface area (Å²) < 4.78 is 0.0167. The Bertz CT molecular complexity index is 431. The minimum absolute atomic E-state index is 0.0167. The summed E-state index contributed by atoms with van der Waals surface area (Å²) in [7, 11) is 0. The lowest BCUT2D eigenvalue weighted by Crippen LogP contribution is -2.17. The van der Waals surface area contributed by atoms with E-state index in [2.05, 4.69) is 22.2 Å². The second-order valence-electron chi connectivity index (χ2n) is 2.21. The third-order valence-corrected chi connectivity index (χ3v) is 1.60. The first-order valence-electron chi connectivity index (χ1n) is 3.09. The van der Waals surface area contributed by atoms with Gasteiger partial charge >= 0.3 is 5.97 Å². The van der Waals surface area contributed by atoms with Crippen molar-refractivity contribution in [3.8, 4) is 0 Å². The maximum absolute atomic E-state index is 11.0. The summed E-state index contributed by atoms with van der Waals surface area (Å²) in [5.74, 6) is -1.19. The molecule has 0 aliphatic rings. The molecule has 3 N–H and O–H groups in total. The number of hydrogen-bond donors (Lipinski definition) is 3. The van der Waals surface area contributed by atoms with Gasteiger partial charge in [0.25, 0.3) is 5.56 Å². The van der Waals surface area contributed by atoms with E-state index in [4.69, 9.17) is 5.11 Å². The fourth-order valence-corrected chi connectivity index (χ4v) is 0.958. The van der Waals surface area contributed by atoms with Crippen molar-refractivity contribution in [3.05, 3.63) is 26.4 Å². The van der Waals surface area contributed by atoms with Crippen LogP contribution in [-0.2, 0) is 0 Å². The van der Waals surface area contributed by atoms with Crippen LogP contribution in [0.5, 0.6) is 0 Å². The molecule has 12 heavy (non-hydrogen) atoms. The Labute approximate surface area is 72.1 Å². The van der Waals surface area contributed by atoms with Crippen LogP contribution in [0.2, 0.25) is 0 Å². The van der Waals surface area contributed by atoms with E-state index in [1.807, 2.05) is 0 Å². The predicted molar refractivity (Wildman–Crippen MR) is 43.9 cm³/mol. The van der Waals surface area contributed by atoms with Crippen LogP contribution in [0.15, 0.2) is 4.79 Å². The number of aromatic amines is 2. The van der Waals surface area contributed by atoms with Crippen LogP contribution in [0, 0.1) is 11.7 Å². The van der Waals surface area contributed by atoms with E-state index in [1.165, 1.54) is 6.92 Å². The van der Waals surface area contributed by atoms with Crippen molar-refractivity contribution < 1.29 is 9.90 Å². The summed E-state index contributed by atoms with van der Waals surface area (Å²) in [5, 5.41) is 8.58. The molecule has 0 amide bonds. The molecule has 0 saturated carbocycles. The highest BCUT2D eigenvalue weighted by Gasteiger charge is 2.09. The van der Waals surface area contributed by atoms with E-state index < -0.39 is 11.5 Å². The van der Waals surface area contributed by atoms with Crippen molar-refractivity contribution in [2.24, 2.45) is 0 Å². The molecule has 0 spiro atoms. The number of carbonyl (C=O) groups is 1. The second kappa shape index (κ2) is 2.90. The number of carboxylic acid groups (broad SMARTS) is 1. The first kappa shape index (κ1) is 8.66. The predicted octanol–water partition coefficient (Wildman–Crippen LogP) is 0.439. The van der Waals surface area contributed by atoms with Gasteiger partial charge in [0.2, 0.25) is 0 Å². The number of aromatic nitrogens is 2. The molecule has 6 heteroatoms. The van der Waals surface area contributed by atoms with Crippen molar-refractivity contribution in [1.29, 1.82) is 0 Å². The van der Waals surface area contributed by atoms with Crippen molar-refractivity contribution in [3.63, 3.8) is 0 Å². The molecule has 64 valence electrons. The molecule has 5 nitrogen and oxygen atoms in total. The van der Waals surface area contributed by atoms with Gasteiger partial charge < -0.3 is 10.1 Å². The average Bonchev–Trinajstić information content (AvgIpc) is 1.96. The molecule has 0 unspecified atom stereocenters. The Morgan fingerprint density at radius 2 is 2.08 bits per heavy atom. The Kier molecular flexibility index (Phi) is 2.09. The number of nitrogens with one attached hydrogen (secondary N) is 2. The van der Waals surface area contributed by atoms with Crippen LogP contribution in [0.3, 0.4) is 0 Å². The molecular formula is C6H6N2O3S. The van der Waals surface area contributed by atoms with Crippen LogP contribution < -0.4 is 5.56 Å². The lowest BCUT2D eigenvalue weighted by atomic mass is 10.2. The summed E-state index contributed by atoms with van der Waals surface area (Å²) in [6, 6.07) is 0. The van der Waals surface area contributed by atoms with Gasteiger partial charge in [-0.3, -0.25) is 9.78 Å². The molecule has 0 aliphatic carbocycles. The quantitative estimate of drug-likeness (QED) is 0.555. The Hall–Kier alpha value is -1.43. The van der Waals surface area contributed by atoms with Crippen LogP contribution in [0.25, 0.3) is 0 Å².